The van der Waals surface area contributed by atoms with E-state index in [1.165, 1.54) is 18.9 Å². The Morgan fingerprint density at radius 2 is 2.06 bits per heavy atom. The van der Waals surface area contributed by atoms with E-state index in [9.17, 15) is 10.1 Å². The van der Waals surface area contributed by atoms with Crippen molar-refractivity contribution in [1.29, 1.82) is 5.26 Å². The minimum absolute atomic E-state index is 0.104. The molecule has 2 aromatic carbocycles. The lowest BCUT2D eigenvalue weighted by Gasteiger charge is -2.16. The van der Waals surface area contributed by atoms with Crippen molar-refractivity contribution in [3.63, 3.8) is 0 Å². The van der Waals surface area contributed by atoms with E-state index < -0.39 is 0 Å². The van der Waals surface area contributed by atoms with E-state index in [0.29, 0.717) is 49.3 Å². The second-order valence-electron chi connectivity index (χ2n) is 7.28. The summed E-state index contributed by atoms with van der Waals surface area (Å²) < 4.78 is 11.9. The Balaban J connectivity index is 1.84. The Labute approximate surface area is 196 Å². The van der Waals surface area contributed by atoms with Gasteiger partial charge in [-0.05, 0) is 35.8 Å². The Morgan fingerprint density at radius 1 is 1.32 bits per heavy atom. The smallest absolute Gasteiger partial charge is 0.266 e. The predicted molar refractivity (Wildman–Crippen MR) is 128 cm³/mol. The van der Waals surface area contributed by atoms with E-state index in [1.54, 1.807) is 35.2 Å². The third-order valence-corrected chi connectivity index (χ3v) is 6.14. The van der Waals surface area contributed by atoms with Crippen LogP contribution in [0.25, 0.3) is 6.08 Å². The van der Waals surface area contributed by atoms with Crippen molar-refractivity contribution in [3.8, 4) is 17.6 Å². The van der Waals surface area contributed by atoms with Crippen molar-refractivity contribution >= 4 is 51.9 Å². The molecule has 1 aliphatic heterocycles. The summed E-state index contributed by atoms with van der Waals surface area (Å²) in [7, 11) is 1.52. The first-order valence-corrected chi connectivity index (χ1v) is 11.2. The fourth-order valence-corrected chi connectivity index (χ4v) is 4.59. The third kappa shape index (κ3) is 5.40. The molecule has 160 valence electrons. The highest BCUT2D eigenvalue weighted by Gasteiger charge is 2.32. The zero-order valence-electron chi connectivity index (χ0n) is 17.3. The van der Waals surface area contributed by atoms with Gasteiger partial charge in [-0.1, -0.05) is 67.6 Å². The van der Waals surface area contributed by atoms with Crippen LogP contribution in [0.4, 0.5) is 0 Å². The van der Waals surface area contributed by atoms with Crippen LogP contribution in [0.1, 0.15) is 30.5 Å². The molecular weight excluding hydrogens is 452 g/mol. The van der Waals surface area contributed by atoms with Crippen molar-refractivity contribution in [2.75, 3.05) is 13.7 Å². The summed E-state index contributed by atoms with van der Waals surface area (Å²) in [6.07, 6.45) is 1.75. The van der Waals surface area contributed by atoms with E-state index in [2.05, 4.69) is 6.07 Å². The number of methoxy groups -OCH3 is 1. The van der Waals surface area contributed by atoms with E-state index in [4.69, 9.17) is 33.3 Å². The summed E-state index contributed by atoms with van der Waals surface area (Å²) in [6.45, 7) is 4.84. The summed E-state index contributed by atoms with van der Waals surface area (Å²) in [5.41, 5.74) is 2.00. The molecule has 0 bridgehead atoms. The largest absolute Gasteiger partial charge is 0.493 e. The maximum absolute atomic E-state index is 12.7. The zero-order valence-corrected chi connectivity index (χ0v) is 19.7. The summed E-state index contributed by atoms with van der Waals surface area (Å²) in [6, 6.07) is 12.8. The number of rotatable bonds is 7. The van der Waals surface area contributed by atoms with E-state index in [-0.39, 0.29) is 12.5 Å². The van der Waals surface area contributed by atoms with Crippen molar-refractivity contribution < 1.29 is 14.3 Å². The minimum Gasteiger partial charge on any atom is -0.493 e. The number of nitriles is 1. The Hall–Kier alpha value is -2.53. The normalized spacial score (nSPS) is 15.0. The van der Waals surface area contributed by atoms with Gasteiger partial charge in [0.05, 0.1) is 28.7 Å². The van der Waals surface area contributed by atoms with Gasteiger partial charge in [-0.2, -0.15) is 5.26 Å². The summed E-state index contributed by atoms with van der Waals surface area (Å²) in [5.74, 6) is 1.03. The Kier molecular flexibility index (Phi) is 7.60. The standard InChI is InChI=1S/C23H21ClN2O3S2/c1-14(2)12-26-22(27)20(31-23(26)30)10-15-8-18(24)21(19(9-15)28-3)29-13-17-7-5-4-6-16(17)11-25/h4-10,14H,12-13H2,1-3H3/b20-10-. The number of thiocarbonyl (C=S) groups is 1. The zero-order chi connectivity index (χ0) is 22.5. The second-order valence-corrected chi connectivity index (χ2v) is 9.36. The molecule has 0 aliphatic carbocycles. The maximum Gasteiger partial charge on any atom is 0.266 e. The molecule has 0 aromatic heterocycles. The molecule has 1 amide bonds. The fourth-order valence-electron chi connectivity index (χ4n) is 3.04. The van der Waals surface area contributed by atoms with E-state index in [0.717, 1.165) is 5.56 Å². The van der Waals surface area contributed by atoms with Gasteiger partial charge in [0.15, 0.2) is 11.5 Å². The van der Waals surface area contributed by atoms with E-state index >= 15 is 0 Å². The van der Waals surface area contributed by atoms with Crippen LogP contribution in [0.5, 0.6) is 11.5 Å². The number of hydrogen-bond acceptors (Lipinski definition) is 6. The number of carbonyl (C=O) groups excluding carboxylic acids is 1. The Bertz CT molecular complexity index is 1090. The molecule has 0 unspecified atom stereocenters. The molecule has 1 aliphatic rings. The first-order valence-electron chi connectivity index (χ1n) is 9.57. The minimum atomic E-state index is -0.104. The lowest BCUT2D eigenvalue weighted by Crippen LogP contribution is -2.31. The number of nitrogens with zero attached hydrogens (tertiary/aromatic N) is 2. The molecule has 0 atom stereocenters. The second kappa shape index (κ2) is 10.2. The van der Waals surface area contributed by atoms with E-state index in [1.807, 2.05) is 26.0 Å². The van der Waals surface area contributed by atoms with Crippen LogP contribution in [0, 0.1) is 17.2 Å². The molecule has 0 spiro atoms. The molecule has 8 heteroatoms. The number of benzene rings is 2. The van der Waals surface area contributed by atoms with Gasteiger partial charge in [0.25, 0.3) is 5.91 Å². The predicted octanol–water partition coefficient (Wildman–Crippen LogP) is 5.66. The number of ether oxygens (including phenoxy) is 2. The Morgan fingerprint density at radius 3 is 2.74 bits per heavy atom. The van der Waals surface area contributed by atoms with Crippen LogP contribution >= 0.6 is 35.6 Å². The van der Waals surface area contributed by atoms with Gasteiger partial charge in [0, 0.05) is 12.1 Å². The molecule has 2 aromatic rings. The summed E-state index contributed by atoms with van der Waals surface area (Å²) >= 11 is 13.1. The molecule has 5 nitrogen and oxygen atoms in total. The van der Waals surface area contributed by atoms with Crippen LogP contribution in [0.3, 0.4) is 0 Å². The fraction of sp³-hybridized carbons (Fsp3) is 0.261. The van der Waals surface area contributed by atoms with Gasteiger partial charge in [-0.25, -0.2) is 0 Å². The molecule has 0 radical (unpaired) electrons. The average Bonchev–Trinajstić information content (AvgIpc) is 2.99. The average molecular weight is 473 g/mol. The summed E-state index contributed by atoms with van der Waals surface area (Å²) in [5, 5.41) is 9.59. The number of thioether (sulfide) groups is 1. The van der Waals surface area contributed by atoms with Gasteiger partial charge in [-0.15, -0.1) is 0 Å². The van der Waals surface area contributed by atoms with Crippen molar-refractivity contribution in [2.45, 2.75) is 20.5 Å². The number of amides is 1. The first-order chi connectivity index (χ1) is 14.8. The molecule has 1 fully saturated rings. The van der Waals surface area contributed by atoms with Gasteiger partial charge in [0.1, 0.15) is 10.9 Å². The highest BCUT2D eigenvalue weighted by Crippen LogP contribution is 2.39. The van der Waals surface area contributed by atoms with Crippen LogP contribution in [-0.2, 0) is 11.4 Å². The van der Waals surface area contributed by atoms with Crippen LogP contribution in [-0.4, -0.2) is 28.8 Å². The summed E-state index contributed by atoms with van der Waals surface area (Å²) in [4.78, 5) is 14.9. The number of hydrogen-bond donors (Lipinski definition) is 0. The number of carbonyl (C=O) groups is 1. The lowest BCUT2D eigenvalue weighted by molar-refractivity contribution is -0.122. The number of halogens is 1. The SMILES string of the molecule is COc1cc(/C=C2\SC(=S)N(CC(C)C)C2=O)cc(Cl)c1OCc1ccccc1C#N. The maximum atomic E-state index is 12.7. The lowest BCUT2D eigenvalue weighted by atomic mass is 10.1. The van der Waals surface area contributed by atoms with Crippen molar-refractivity contribution in [3.05, 3.63) is 63.0 Å². The molecule has 31 heavy (non-hydrogen) atoms. The first kappa shape index (κ1) is 23.1. The molecule has 1 heterocycles. The monoisotopic (exact) mass is 472 g/mol. The van der Waals surface area contributed by atoms with Crippen LogP contribution < -0.4 is 9.47 Å². The highest BCUT2D eigenvalue weighted by atomic mass is 35.5. The van der Waals surface area contributed by atoms with Crippen LogP contribution in [0.2, 0.25) is 5.02 Å². The molecule has 0 saturated carbocycles. The molecule has 1 saturated heterocycles. The third-order valence-electron chi connectivity index (χ3n) is 4.48. The van der Waals surface area contributed by atoms with Gasteiger partial charge in [0.2, 0.25) is 0 Å². The van der Waals surface area contributed by atoms with Crippen molar-refractivity contribution in [1.82, 2.24) is 4.90 Å². The van der Waals surface area contributed by atoms with Crippen molar-refractivity contribution in [2.24, 2.45) is 5.92 Å². The molecule has 3 rings (SSSR count). The van der Waals surface area contributed by atoms with Gasteiger partial charge in [-0.3, -0.25) is 9.69 Å². The molecular formula is C23H21ClN2O3S2. The van der Waals surface area contributed by atoms with Gasteiger partial charge >= 0.3 is 0 Å². The van der Waals surface area contributed by atoms with Gasteiger partial charge < -0.3 is 9.47 Å². The molecule has 0 N–H and O–H groups in total. The highest BCUT2D eigenvalue weighted by molar-refractivity contribution is 8.26. The quantitative estimate of drug-likeness (QED) is 0.383. The van der Waals surface area contributed by atoms with Crippen LogP contribution in [0.15, 0.2) is 41.3 Å². The topological polar surface area (TPSA) is 62.6 Å².